The summed E-state index contributed by atoms with van der Waals surface area (Å²) in [7, 11) is -0.360. The molecule has 0 saturated carbocycles. The lowest BCUT2D eigenvalue weighted by Gasteiger charge is -2.21. The van der Waals surface area contributed by atoms with E-state index in [0.717, 1.165) is 5.56 Å². The van der Waals surface area contributed by atoms with Crippen molar-refractivity contribution in [3.05, 3.63) is 34.3 Å². The maximum atomic E-state index is 12.3. The number of carbonyl (C=O) groups is 1. The maximum Gasteiger partial charge on any atom is 0.251 e. The van der Waals surface area contributed by atoms with Gasteiger partial charge in [-0.1, -0.05) is 17.7 Å². The average Bonchev–Trinajstić information content (AvgIpc) is 2.88. The Bertz CT molecular complexity index is 691. The van der Waals surface area contributed by atoms with E-state index in [4.69, 9.17) is 16.3 Å². The fourth-order valence-electron chi connectivity index (χ4n) is 2.33. The molecular formula is C15H21ClN2O4S. The van der Waals surface area contributed by atoms with Crippen molar-refractivity contribution < 1.29 is 17.9 Å². The SMILES string of the molecule is Cc1ccc(C(=O)N[C@@H]2COC[C@H]2CS(=O)(=O)N(C)C)cc1Cl. The molecule has 8 heteroatoms. The molecule has 1 aliphatic rings. The second-order valence-corrected chi connectivity index (χ2v) is 8.54. The maximum absolute atomic E-state index is 12.3. The van der Waals surface area contributed by atoms with Crippen LogP contribution in [0.2, 0.25) is 5.02 Å². The average molecular weight is 361 g/mol. The van der Waals surface area contributed by atoms with Gasteiger partial charge in [0.2, 0.25) is 10.0 Å². The molecule has 2 atom stereocenters. The predicted molar refractivity (Wildman–Crippen MR) is 89.2 cm³/mol. The molecule has 1 N–H and O–H groups in total. The lowest BCUT2D eigenvalue weighted by Crippen LogP contribution is -2.43. The first-order valence-corrected chi connectivity index (χ1v) is 9.24. The topological polar surface area (TPSA) is 75.7 Å². The van der Waals surface area contributed by atoms with Gasteiger partial charge in [-0.15, -0.1) is 0 Å². The smallest absolute Gasteiger partial charge is 0.251 e. The minimum absolute atomic E-state index is 0.0560. The van der Waals surface area contributed by atoms with Gasteiger partial charge < -0.3 is 10.1 Å². The van der Waals surface area contributed by atoms with Crippen LogP contribution < -0.4 is 5.32 Å². The van der Waals surface area contributed by atoms with E-state index in [1.165, 1.54) is 18.4 Å². The van der Waals surface area contributed by atoms with Crippen LogP contribution in [0.4, 0.5) is 0 Å². The third kappa shape index (κ3) is 4.44. The van der Waals surface area contributed by atoms with Crippen LogP contribution in [0.5, 0.6) is 0 Å². The zero-order valence-electron chi connectivity index (χ0n) is 13.4. The number of nitrogens with zero attached hydrogens (tertiary/aromatic N) is 1. The molecule has 0 spiro atoms. The van der Waals surface area contributed by atoms with Crippen molar-refractivity contribution in [2.75, 3.05) is 33.1 Å². The summed E-state index contributed by atoms with van der Waals surface area (Å²) in [4.78, 5) is 12.3. The Morgan fingerprint density at radius 3 is 2.70 bits per heavy atom. The largest absolute Gasteiger partial charge is 0.379 e. The van der Waals surface area contributed by atoms with E-state index in [9.17, 15) is 13.2 Å². The highest BCUT2D eigenvalue weighted by Crippen LogP contribution is 2.20. The minimum atomic E-state index is -3.35. The van der Waals surface area contributed by atoms with Gasteiger partial charge in [-0.05, 0) is 24.6 Å². The number of halogens is 1. The molecule has 0 aromatic heterocycles. The normalized spacial score (nSPS) is 21.6. The summed E-state index contributed by atoms with van der Waals surface area (Å²) in [6, 6.07) is 4.74. The van der Waals surface area contributed by atoms with Gasteiger partial charge in [-0.25, -0.2) is 12.7 Å². The molecule has 0 unspecified atom stereocenters. The molecule has 128 valence electrons. The van der Waals surface area contributed by atoms with Crippen LogP contribution in [0.25, 0.3) is 0 Å². The predicted octanol–water partition coefficient (Wildman–Crippen LogP) is 1.28. The van der Waals surface area contributed by atoms with Crippen molar-refractivity contribution >= 4 is 27.5 Å². The van der Waals surface area contributed by atoms with E-state index < -0.39 is 10.0 Å². The molecular weight excluding hydrogens is 340 g/mol. The van der Waals surface area contributed by atoms with Crippen molar-refractivity contribution in [3.8, 4) is 0 Å². The number of hydrogen-bond donors (Lipinski definition) is 1. The Kier molecular flexibility index (Phi) is 5.67. The molecule has 23 heavy (non-hydrogen) atoms. The molecule has 0 radical (unpaired) electrons. The Balaban J connectivity index is 2.06. The fourth-order valence-corrected chi connectivity index (χ4v) is 3.68. The van der Waals surface area contributed by atoms with E-state index in [1.54, 1.807) is 18.2 Å². The molecule has 1 aromatic rings. The van der Waals surface area contributed by atoms with E-state index in [2.05, 4.69) is 5.32 Å². The number of rotatable bonds is 5. The summed E-state index contributed by atoms with van der Waals surface area (Å²) < 4.78 is 30.6. The highest BCUT2D eigenvalue weighted by atomic mass is 35.5. The molecule has 0 aliphatic carbocycles. The first kappa shape index (κ1) is 18.2. The van der Waals surface area contributed by atoms with E-state index in [-0.39, 0.29) is 23.6 Å². The van der Waals surface area contributed by atoms with Gasteiger partial charge in [0.15, 0.2) is 0 Å². The quantitative estimate of drug-likeness (QED) is 0.858. The molecule has 2 rings (SSSR count). The van der Waals surface area contributed by atoms with Gasteiger partial charge >= 0.3 is 0 Å². The first-order chi connectivity index (χ1) is 10.7. The summed E-state index contributed by atoms with van der Waals surface area (Å²) in [5.74, 6) is -0.610. The van der Waals surface area contributed by atoms with Gasteiger partial charge in [-0.2, -0.15) is 0 Å². The molecule has 1 heterocycles. The van der Waals surface area contributed by atoms with Crippen molar-refractivity contribution in [3.63, 3.8) is 0 Å². The summed E-state index contributed by atoms with van der Waals surface area (Å²) >= 11 is 6.04. The number of benzene rings is 1. The summed E-state index contributed by atoms with van der Waals surface area (Å²) in [5.41, 5.74) is 1.34. The van der Waals surface area contributed by atoms with Gasteiger partial charge in [0.1, 0.15) is 0 Å². The third-order valence-corrected chi connectivity index (χ3v) is 6.30. The Hall–Kier alpha value is -1.15. The second kappa shape index (κ2) is 7.17. The van der Waals surface area contributed by atoms with Crippen molar-refractivity contribution in [1.82, 2.24) is 9.62 Å². The number of sulfonamides is 1. The van der Waals surface area contributed by atoms with Crippen LogP contribution in [0.3, 0.4) is 0 Å². The fraction of sp³-hybridized carbons (Fsp3) is 0.533. The van der Waals surface area contributed by atoms with Crippen LogP contribution in [0, 0.1) is 12.8 Å². The van der Waals surface area contributed by atoms with Gasteiger partial charge in [0, 0.05) is 30.6 Å². The number of nitrogens with one attached hydrogen (secondary N) is 1. The Morgan fingerprint density at radius 2 is 2.09 bits per heavy atom. The standard InChI is InChI=1S/C15H21ClN2O4S/c1-10-4-5-11(6-13(10)16)15(19)17-14-8-22-7-12(14)9-23(20,21)18(2)3/h4-6,12,14H,7-9H2,1-3H3,(H,17,19)/t12-,14+/m0/s1. The lowest BCUT2D eigenvalue weighted by atomic mass is 10.1. The number of ether oxygens (including phenoxy) is 1. The first-order valence-electron chi connectivity index (χ1n) is 7.25. The summed E-state index contributed by atoms with van der Waals surface area (Å²) in [6.07, 6.45) is 0. The minimum Gasteiger partial charge on any atom is -0.379 e. The van der Waals surface area contributed by atoms with E-state index >= 15 is 0 Å². The van der Waals surface area contributed by atoms with Crippen LogP contribution in [0.15, 0.2) is 18.2 Å². The molecule has 1 amide bonds. The van der Waals surface area contributed by atoms with Crippen LogP contribution in [-0.2, 0) is 14.8 Å². The second-order valence-electron chi connectivity index (χ2n) is 5.90. The van der Waals surface area contributed by atoms with Crippen molar-refractivity contribution in [2.24, 2.45) is 5.92 Å². The zero-order valence-corrected chi connectivity index (χ0v) is 14.9. The summed E-state index contributed by atoms with van der Waals surface area (Å²) in [6.45, 7) is 2.47. The van der Waals surface area contributed by atoms with E-state index in [0.29, 0.717) is 23.8 Å². The van der Waals surface area contributed by atoms with Gasteiger partial charge in [0.05, 0.1) is 25.0 Å². The molecule has 6 nitrogen and oxygen atoms in total. The van der Waals surface area contributed by atoms with Gasteiger partial charge in [-0.3, -0.25) is 4.79 Å². The molecule has 1 saturated heterocycles. The zero-order chi connectivity index (χ0) is 17.2. The Labute approximate surface area is 141 Å². The number of amides is 1. The third-order valence-electron chi connectivity index (χ3n) is 3.93. The Morgan fingerprint density at radius 1 is 1.39 bits per heavy atom. The van der Waals surface area contributed by atoms with Crippen molar-refractivity contribution in [2.45, 2.75) is 13.0 Å². The highest BCUT2D eigenvalue weighted by molar-refractivity contribution is 7.89. The lowest BCUT2D eigenvalue weighted by molar-refractivity contribution is 0.0926. The molecule has 0 bridgehead atoms. The van der Waals surface area contributed by atoms with Crippen molar-refractivity contribution in [1.29, 1.82) is 0 Å². The highest BCUT2D eigenvalue weighted by Gasteiger charge is 2.34. The number of aryl methyl sites for hydroxylation is 1. The molecule has 1 aliphatic heterocycles. The number of hydrogen-bond acceptors (Lipinski definition) is 4. The molecule has 1 aromatic carbocycles. The summed E-state index contributed by atoms with van der Waals surface area (Å²) in [5, 5.41) is 3.37. The molecule has 1 fully saturated rings. The van der Waals surface area contributed by atoms with Gasteiger partial charge in [0.25, 0.3) is 5.91 Å². The number of carbonyl (C=O) groups excluding carboxylic acids is 1. The van der Waals surface area contributed by atoms with E-state index in [1.807, 2.05) is 6.92 Å². The van der Waals surface area contributed by atoms with Crippen LogP contribution in [-0.4, -0.2) is 57.7 Å². The van der Waals surface area contributed by atoms with Crippen LogP contribution >= 0.6 is 11.6 Å². The van der Waals surface area contributed by atoms with Crippen LogP contribution in [0.1, 0.15) is 15.9 Å². The monoisotopic (exact) mass is 360 g/mol.